The largest absolute Gasteiger partial charge is 0.452 e. The number of nitriles is 2. The summed E-state index contributed by atoms with van der Waals surface area (Å²) in [5.41, 5.74) is 0.261. The Morgan fingerprint density at radius 3 is 2.55 bits per heavy atom. The number of amides is 1. The molecule has 1 fully saturated rings. The molecule has 2 rings (SSSR count). The van der Waals surface area contributed by atoms with Crippen molar-refractivity contribution < 1.29 is 19.2 Å². The minimum atomic E-state index is -0.851. The Hall–Kier alpha value is -3.66. The number of hydrogen-bond acceptors (Lipinski definition) is 8. The average molecular weight is 427 g/mol. The molecule has 0 aromatic heterocycles. The fraction of sp³-hybridized carbons (Fsp3) is 0.524. The zero-order valence-corrected chi connectivity index (χ0v) is 17.5. The zero-order chi connectivity index (χ0) is 22.8. The number of benzene rings is 1. The quantitative estimate of drug-likeness (QED) is 0.333. The molecule has 1 atom stereocenters. The van der Waals surface area contributed by atoms with Crippen LogP contribution in [0.15, 0.2) is 18.2 Å². The summed E-state index contributed by atoms with van der Waals surface area (Å²) in [5, 5.41) is 29.0. The normalized spacial score (nSPS) is 15.5. The maximum Gasteiger partial charge on any atom is 0.338 e. The van der Waals surface area contributed by atoms with Crippen LogP contribution in [0.1, 0.15) is 43.0 Å². The summed E-state index contributed by atoms with van der Waals surface area (Å²) < 4.78 is 5.04. The number of anilines is 1. The van der Waals surface area contributed by atoms with Crippen molar-refractivity contribution in [1.82, 2.24) is 4.90 Å². The van der Waals surface area contributed by atoms with E-state index >= 15 is 0 Å². The molecule has 1 saturated heterocycles. The van der Waals surface area contributed by atoms with Crippen LogP contribution >= 0.6 is 0 Å². The number of hydrogen-bond donors (Lipinski definition) is 0. The molecule has 0 saturated carbocycles. The van der Waals surface area contributed by atoms with Gasteiger partial charge in [-0.15, -0.1) is 0 Å². The smallest absolute Gasteiger partial charge is 0.338 e. The van der Waals surface area contributed by atoms with E-state index in [1.807, 2.05) is 17.0 Å². The minimum Gasteiger partial charge on any atom is -0.452 e. The predicted octanol–water partition coefficient (Wildman–Crippen LogP) is 2.64. The number of piperidine rings is 1. The van der Waals surface area contributed by atoms with Crippen molar-refractivity contribution >= 4 is 23.3 Å². The summed E-state index contributed by atoms with van der Waals surface area (Å²) in [4.78, 5) is 38.9. The number of nitro groups is 1. The summed E-state index contributed by atoms with van der Waals surface area (Å²) in [6.45, 7) is 3.20. The lowest BCUT2D eigenvalue weighted by Crippen LogP contribution is -2.36. The molecular weight excluding hydrogens is 402 g/mol. The monoisotopic (exact) mass is 427 g/mol. The Kier molecular flexibility index (Phi) is 8.77. The fourth-order valence-corrected chi connectivity index (χ4v) is 3.51. The van der Waals surface area contributed by atoms with Gasteiger partial charge in [-0.3, -0.25) is 14.9 Å². The molecule has 10 heteroatoms. The number of nitrogens with zero attached hydrogens (tertiary/aromatic N) is 5. The third-order valence-corrected chi connectivity index (χ3v) is 5.07. The molecule has 0 bridgehead atoms. The Bertz CT molecular complexity index is 886. The van der Waals surface area contributed by atoms with E-state index in [1.54, 1.807) is 6.07 Å². The van der Waals surface area contributed by atoms with Gasteiger partial charge in [0, 0.05) is 32.2 Å². The number of carbonyl (C=O) groups is 2. The molecule has 0 radical (unpaired) electrons. The van der Waals surface area contributed by atoms with Gasteiger partial charge in [-0.1, -0.05) is 6.92 Å². The standard InChI is InChI=1S/C21H25N5O5/c1-16-5-2-10-25(14-16)18-7-6-17(13-19(18)26(29)30)21(28)31-15-20(27)24(11-3-8-22)12-4-9-23/h6-7,13,16H,2-5,10-12,14-15H2,1H3. The molecule has 1 aliphatic rings. The van der Waals surface area contributed by atoms with Gasteiger partial charge in [-0.25, -0.2) is 4.79 Å². The first kappa shape index (κ1) is 23.6. The van der Waals surface area contributed by atoms with Crippen LogP contribution in [0.2, 0.25) is 0 Å². The van der Waals surface area contributed by atoms with Gasteiger partial charge in [-0.05, 0) is 30.9 Å². The first-order valence-corrected chi connectivity index (χ1v) is 10.1. The maximum absolute atomic E-state index is 12.4. The minimum absolute atomic E-state index is 0.0195. The van der Waals surface area contributed by atoms with E-state index in [1.165, 1.54) is 17.0 Å². The van der Waals surface area contributed by atoms with Crippen LogP contribution in [-0.2, 0) is 9.53 Å². The van der Waals surface area contributed by atoms with Gasteiger partial charge in [0.05, 0.1) is 35.5 Å². The molecule has 1 heterocycles. The second kappa shape index (κ2) is 11.5. The molecule has 0 aliphatic carbocycles. The van der Waals surface area contributed by atoms with Crippen molar-refractivity contribution in [2.45, 2.75) is 32.6 Å². The summed E-state index contributed by atoms with van der Waals surface area (Å²) in [6, 6.07) is 8.01. The second-order valence-electron chi connectivity index (χ2n) is 7.43. The molecule has 31 heavy (non-hydrogen) atoms. The van der Waals surface area contributed by atoms with E-state index in [-0.39, 0.29) is 37.2 Å². The van der Waals surface area contributed by atoms with Gasteiger partial charge in [-0.2, -0.15) is 10.5 Å². The molecule has 164 valence electrons. The Morgan fingerprint density at radius 1 is 1.29 bits per heavy atom. The number of carbonyl (C=O) groups excluding carboxylic acids is 2. The van der Waals surface area contributed by atoms with Crippen molar-refractivity contribution in [2.75, 3.05) is 37.7 Å². The lowest BCUT2D eigenvalue weighted by molar-refractivity contribution is -0.384. The van der Waals surface area contributed by atoms with Crippen LogP contribution in [0.25, 0.3) is 0 Å². The van der Waals surface area contributed by atoms with Crippen LogP contribution in [0.4, 0.5) is 11.4 Å². The first-order valence-electron chi connectivity index (χ1n) is 10.1. The van der Waals surface area contributed by atoms with E-state index in [0.717, 1.165) is 12.8 Å². The molecule has 0 spiro atoms. The van der Waals surface area contributed by atoms with Gasteiger partial charge >= 0.3 is 5.97 Å². The van der Waals surface area contributed by atoms with Crippen molar-refractivity contribution in [3.8, 4) is 12.1 Å². The number of nitro benzene ring substituents is 1. The Morgan fingerprint density at radius 2 is 1.97 bits per heavy atom. The second-order valence-corrected chi connectivity index (χ2v) is 7.43. The van der Waals surface area contributed by atoms with Gasteiger partial charge in [0.1, 0.15) is 5.69 Å². The maximum atomic E-state index is 12.4. The molecular formula is C21H25N5O5. The molecule has 1 aromatic rings. The molecule has 1 unspecified atom stereocenters. The summed E-state index contributed by atoms with van der Waals surface area (Å²) >= 11 is 0. The van der Waals surface area contributed by atoms with Crippen LogP contribution in [0.3, 0.4) is 0 Å². The first-order chi connectivity index (χ1) is 14.9. The highest BCUT2D eigenvalue weighted by atomic mass is 16.6. The van der Waals surface area contributed by atoms with Gasteiger partial charge < -0.3 is 14.5 Å². The molecule has 10 nitrogen and oxygen atoms in total. The molecule has 0 N–H and O–H groups in total. The van der Waals surface area contributed by atoms with Gasteiger partial charge in [0.2, 0.25) is 0 Å². The SMILES string of the molecule is CC1CCCN(c2ccc(C(=O)OCC(=O)N(CCC#N)CCC#N)cc2[N+](=O)[O-])C1. The average Bonchev–Trinajstić information content (AvgIpc) is 2.76. The zero-order valence-electron chi connectivity index (χ0n) is 17.5. The molecule has 1 aliphatic heterocycles. The van der Waals surface area contributed by atoms with Crippen LogP contribution in [0, 0.1) is 38.7 Å². The lowest BCUT2D eigenvalue weighted by atomic mass is 9.99. The summed E-state index contributed by atoms with van der Waals surface area (Å²) in [7, 11) is 0. The van der Waals surface area contributed by atoms with Crippen molar-refractivity contribution in [2.24, 2.45) is 5.92 Å². The summed E-state index contributed by atoms with van der Waals surface area (Å²) in [5.74, 6) is -0.961. The fourth-order valence-electron chi connectivity index (χ4n) is 3.51. The van der Waals surface area contributed by atoms with E-state index in [4.69, 9.17) is 15.3 Å². The van der Waals surface area contributed by atoms with Crippen molar-refractivity contribution in [3.63, 3.8) is 0 Å². The number of esters is 1. The highest BCUT2D eigenvalue weighted by molar-refractivity contribution is 5.93. The van der Waals surface area contributed by atoms with E-state index in [2.05, 4.69) is 6.92 Å². The van der Waals surface area contributed by atoms with E-state index in [9.17, 15) is 19.7 Å². The molecule has 1 amide bonds. The number of ether oxygens (including phenoxy) is 1. The summed E-state index contributed by atoms with van der Waals surface area (Å²) in [6.07, 6.45) is 2.20. The van der Waals surface area contributed by atoms with Crippen LogP contribution < -0.4 is 4.90 Å². The van der Waals surface area contributed by atoms with Crippen LogP contribution in [-0.4, -0.2) is 54.5 Å². The predicted molar refractivity (Wildman–Crippen MR) is 111 cm³/mol. The van der Waals surface area contributed by atoms with Gasteiger partial charge in [0.25, 0.3) is 11.6 Å². The Balaban J connectivity index is 2.08. The Labute approximate surface area is 180 Å². The molecule has 1 aromatic carbocycles. The van der Waals surface area contributed by atoms with E-state index < -0.39 is 23.4 Å². The van der Waals surface area contributed by atoms with E-state index in [0.29, 0.717) is 24.7 Å². The third-order valence-electron chi connectivity index (χ3n) is 5.07. The highest BCUT2D eigenvalue weighted by Crippen LogP contribution is 2.32. The number of rotatable bonds is 9. The third kappa shape index (κ3) is 6.68. The van der Waals surface area contributed by atoms with Crippen molar-refractivity contribution in [3.05, 3.63) is 33.9 Å². The van der Waals surface area contributed by atoms with Crippen molar-refractivity contribution in [1.29, 1.82) is 10.5 Å². The van der Waals surface area contributed by atoms with Gasteiger partial charge in [0.15, 0.2) is 6.61 Å². The topological polar surface area (TPSA) is 141 Å². The highest BCUT2D eigenvalue weighted by Gasteiger charge is 2.26. The lowest BCUT2D eigenvalue weighted by Gasteiger charge is -2.32. The van der Waals surface area contributed by atoms with Crippen LogP contribution in [0.5, 0.6) is 0 Å².